The van der Waals surface area contributed by atoms with Crippen LogP contribution in [0.1, 0.15) is 42.0 Å². The van der Waals surface area contributed by atoms with Crippen LogP contribution in [0, 0.1) is 0 Å². The Bertz CT molecular complexity index is 1330. The van der Waals surface area contributed by atoms with E-state index in [4.69, 9.17) is 21.1 Å². The van der Waals surface area contributed by atoms with Gasteiger partial charge in [-0.1, -0.05) is 48.0 Å². The van der Waals surface area contributed by atoms with Crippen molar-refractivity contribution in [3.8, 4) is 5.75 Å². The van der Waals surface area contributed by atoms with Gasteiger partial charge in [-0.25, -0.2) is 4.79 Å². The highest BCUT2D eigenvalue weighted by atomic mass is 35.5. The van der Waals surface area contributed by atoms with Crippen molar-refractivity contribution in [1.29, 1.82) is 0 Å². The average molecular weight is 520 g/mol. The Morgan fingerprint density at radius 1 is 1.06 bits per heavy atom. The molecule has 2 heterocycles. The van der Waals surface area contributed by atoms with E-state index in [-0.39, 0.29) is 24.9 Å². The van der Waals surface area contributed by atoms with Gasteiger partial charge in [-0.15, -0.1) is 11.3 Å². The third kappa shape index (κ3) is 5.11. The molecule has 0 bridgehead atoms. The van der Waals surface area contributed by atoms with Gasteiger partial charge in [-0.05, 0) is 54.6 Å². The number of para-hydroxylation sites is 1. The number of dihydropyridines is 1. The van der Waals surface area contributed by atoms with E-state index >= 15 is 0 Å². The van der Waals surface area contributed by atoms with E-state index in [0.29, 0.717) is 40.5 Å². The lowest BCUT2D eigenvalue weighted by atomic mass is 9.72. The molecule has 0 saturated carbocycles. The van der Waals surface area contributed by atoms with E-state index in [1.807, 2.05) is 66.9 Å². The van der Waals surface area contributed by atoms with E-state index < -0.39 is 11.9 Å². The van der Waals surface area contributed by atoms with Gasteiger partial charge in [0, 0.05) is 45.1 Å². The number of thiophene rings is 1. The summed E-state index contributed by atoms with van der Waals surface area (Å²) in [5.74, 6) is -0.138. The van der Waals surface area contributed by atoms with E-state index in [9.17, 15) is 9.59 Å². The number of ketones is 1. The minimum atomic E-state index is -0.542. The molecule has 0 spiro atoms. The number of hydrogen-bond acceptors (Lipinski definition) is 6. The number of carbonyl (C=O) groups excluding carboxylic acids is 2. The predicted molar refractivity (Wildman–Crippen MR) is 141 cm³/mol. The number of hydrogen-bond donors (Lipinski definition) is 1. The lowest BCUT2D eigenvalue weighted by Crippen LogP contribution is -2.36. The molecule has 0 saturated heterocycles. The number of allylic oxidation sites excluding steroid dienone is 3. The molecule has 2 aliphatic rings. The molecule has 184 valence electrons. The minimum absolute atomic E-state index is 0.0392. The maximum Gasteiger partial charge on any atom is 0.336 e. The van der Waals surface area contributed by atoms with Crippen molar-refractivity contribution in [2.75, 3.05) is 13.2 Å². The predicted octanol–water partition coefficient (Wildman–Crippen LogP) is 6.39. The first-order chi connectivity index (χ1) is 17.5. The zero-order valence-electron chi connectivity index (χ0n) is 19.8. The third-order valence-corrected chi connectivity index (χ3v) is 7.77. The van der Waals surface area contributed by atoms with Gasteiger partial charge < -0.3 is 14.8 Å². The highest BCUT2D eigenvalue weighted by molar-refractivity contribution is 7.10. The normalized spacial score (nSPS) is 19.6. The van der Waals surface area contributed by atoms with Crippen LogP contribution in [0.25, 0.3) is 0 Å². The van der Waals surface area contributed by atoms with Crippen molar-refractivity contribution in [2.45, 2.75) is 31.6 Å². The molecule has 5 nitrogen and oxygen atoms in total. The van der Waals surface area contributed by atoms with Crippen molar-refractivity contribution >= 4 is 34.7 Å². The van der Waals surface area contributed by atoms with Gasteiger partial charge in [0.2, 0.25) is 0 Å². The van der Waals surface area contributed by atoms with Gasteiger partial charge >= 0.3 is 5.97 Å². The highest BCUT2D eigenvalue weighted by Crippen LogP contribution is 2.46. The van der Waals surface area contributed by atoms with Crippen LogP contribution in [0.5, 0.6) is 5.75 Å². The number of benzene rings is 2. The average Bonchev–Trinajstić information content (AvgIpc) is 3.41. The lowest BCUT2D eigenvalue weighted by Gasteiger charge is -2.36. The zero-order valence-corrected chi connectivity index (χ0v) is 21.4. The fraction of sp³-hybridized carbons (Fsp3) is 0.241. The molecule has 1 aliphatic heterocycles. The molecule has 1 aromatic heterocycles. The van der Waals surface area contributed by atoms with Gasteiger partial charge in [0.05, 0.1) is 5.57 Å². The molecular weight excluding hydrogens is 494 g/mol. The molecule has 0 fully saturated rings. The summed E-state index contributed by atoms with van der Waals surface area (Å²) in [4.78, 5) is 28.1. The Kier molecular flexibility index (Phi) is 7.25. The smallest absolute Gasteiger partial charge is 0.336 e. The van der Waals surface area contributed by atoms with Crippen molar-refractivity contribution < 1.29 is 19.1 Å². The number of rotatable bonds is 7. The van der Waals surface area contributed by atoms with Gasteiger partial charge in [-0.2, -0.15) is 0 Å². The number of halogens is 1. The summed E-state index contributed by atoms with van der Waals surface area (Å²) in [6.45, 7) is 2.18. The Balaban J connectivity index is 1.41. The molecule has 36 heavy (non-hydrogen) atoms. The summed E-state index contributed by atoms with van der Waals surface area (Å²) in [7, 11) is 0. The van der Waals surface area contributed by atoms with E-state index in [2.05, 4.69) is 11.4 Å². The molecule has 2 unspecified atom stereocenters. The second-order valence-electron chi connectivity index (χ2n) is 8.89. The minimum Gasteiger partial charge on any atom is -0.490 e. The molecule has 1 aliphatic carbocycles. The quantitative estimate of drug-likeness (QED) is 0.289. The maximum absolute atomic E-state index is 13.6. The van der Waals surface area contributed by atoms with Crippen LogP contribution in [0.15, 0.2) is 94.7 Å². The number of nitrogens with one attached hydrogen (secondary N) is 1. The van der Waals surface area contributed by atoms with Crippen LogP contribution in [0.4, 0.5) is 0 Å². The standard InChI is InChI=1S/C29H26ClNO4S/c1-18-26(29(33)35-13-12-34-22-9-3-2-4-10-22)27(19-7-5-8-21(30)15-19)28-23(31-18)16-20(17-24(28)32)25-11-6-14-36-25/h2-11,14-15,20,27,31H,12-13,16-17H2,1H3. The van der Waals surface area contributed by atoms with Crippen LogP contribution in [-0.2, 0) is 14.3 Å². The molecule has 3 aromatic rings. The molecule has 2 atom stereocenters. The first-order valence-electron chi connectivity index (χ1n) is 11.9. The van der Waals surface area contributed by atoms with Crippen molar-refractivity contribution in [3.63, 3.8) is 0 Å². The summed E-state index contributed by atoms with van der Waals surface area (Å²) in [5.41, 5.74) is 3.41. The van der Waals surface area contributed by atoms with Gasteiger partial charge in [0.1, 0.15) is 19.0 Å². The maximum atomic E-state index is 13.6. The second kappa shape index (κ2) is 10.7. The first kappa shape index (κ1) is 24.3. The fourth-order valence-corrected chi connectivity index (χ4v) is 5.97. The monoisotopic (exact) mass is 519 g/mol. The van der Waals surface area contributed by atoms with Crippen LogP contribution in [0.2, 0.25) is 5.02 Å². The van der Waals surface area contributed by atoms with Gasteiger partial charge in [0.15, 0.2) is 5.78 Å². The fourth-order valence-electron chi connectivity index (χ4n) is 4.94. The van der Waals surface area contributed by atoms with Crippen LogP contribution in [-0.4, -0.2) is 25.0 Å². The van der Waals surface area contributed by atoms with Crippen molar-refractivity contribution in [1.82, 2.24) is 5.32 Å². The molecule has 1 N–H and O–H groups in total. The van der Waals surface area contributed by atoms with Crippen molar-refractivity contribution in [2.24, 2.45) is 0 Å². The summed E-state index contributed by atoms with van der Waals surface area (Å²) in [6, 6.07) is 20.8. The van der Waals surface area contributed by atoms with Crippen LogP contribution >= 0.6 is 22.9 Å². The van der Waals surface area contributed by atoms with Crippen LogP contribution < -0.4 is 10.1 Å². The Labute approximate surface area is 219 Å². The second-order valence-corrected chi connectivity index (χ2v) is 10.3. The van der Waals surface area contributed by atoms with Crippen LogP contribution in [0.3, 0.4) is 0 Å². The topological polar surface area (TPSA) is 64.6 Å². The zero-order chi connectivity index (χ0) is 25.1. The number of Topliss-reactive ketones (excluding diaryl/α,β-unsaturated/α-hetero) is 1. The van der Waals surface area contributed by atoms with E-state index in [1.54, 1.807) is 17.4 Å². The van der Waals surface area contributed by atoms with E-state index in [1.165, 1.54) is 4.88 Å². The summed E-state index contributed by atoms with van der Waals surface area (Å²) >= 11 is 7.99. The highest BCUT2D eigenvalue weighted by Gasteiger charge is 2.41. The number of esters is 1. The first-order valence-corrected chi connectivity index (χ1v) is 13.1. The Morgan fingerprint density at radius 2 is 1.89 bits per heavy atom. The largest absolute Gasteiger partial charge is 0.490 e. The summed E-state index contributed by atoms with van der Waals surface area (Å²) in [5, 5.41) is 5.97. The molecule has 7 heteroatoms. The number of ether oxygens (including phenoxy) is 2. The van der Waals surface area contributed by atoms with Gasteiger partial charge in [-0.3, -0.25) is 4.79 Å². The molecular formula is C29H26ClNO4S. The molecule has 5 rings (SSSR count). The summed E-state index contributed by atoms with van der Waals surface area (Å²) in [6.07, 6.45) is 1.12. The molecule has 0 amide bonds. The lowest BCUT2D eigenvalue weighted by molar-refractivity contribution is -0.140. The summed E-state index contributed by atoms with van der Waals surface area (Å²) < 4.78 is 11.3. The third-order valence-electron chi connectivity index (χ3n) is 6.50. The van der Waals surface area contributed by atoms with E-state index in [0.717, 1.165) is 11.3 Å². The van der Waals surface area contributed by atoms with Gasteiger partial charge in [0.25, 0.3) is 0 Å². The Hall–Kier alpha value is -3.35. The Morgan fingerprint density at radius 3 is 2.64 bits per heavy atom. The van der Waals surface area contributed by atoms with Crippen molar-refractivity contribution in [3.05, 3.63) is 110 Å². The number of carbonyl (C=O) groups is 2. The molecule has 0 radical (unpaired) electrons. The SMILES string of the molecule is CC1=C(C(=O)OCCOc2ccccc2)C(c2cccc(Cl)c2)C2=C(CC(c3cccs3)CC2=O)N1. The molecule has 2 aromatic carbocycles.